The minimum Gasteiger partial charge on any atom is -0.497 e. The van der Waals surface area contributed by atoms with Crippen LogP contribution in [0.4, 0.5) is 5.00 Å². The predicted molar refractivity (Wildman–Crippen MR) is 132 cm³/mol. The Kier molecular flexibility index (Phi) is 5.48. The maximum Gasteiger partial charge on any atom is 0.446 e. The number of thiophene rings is 1. The molecule has 12 heteroatoms. The van der Waals surface area contributed by atoms with Crippen LogP contribution in [0.5, 0.6) is 11.5 Å². The average Bonchev–Trinajstić information content (AvgIpc) is 3.42. The monoisotopic (exact) mass is 527 g/mol. The van der Waals surface area contributed by atoms with Crippen molar-refractivity contribution in [3.63, 3.8) is 0 Å². The lowest BCUT2D eigenvalue weighted by atomic mass is 9.99. The lowest BCUT2D eigenvalue weighted by molar-refractivity contribution is 0.0438. The number of hydrogen-bond acceptors (Lipinski definition) is 10. The van der Waals surface area contributed by atoms with E-state index in [1.54, 1.807) is 30.3 Å². The average molecular weight is 528 g/mol. The molecule has 2 aromatic carbocycles. The van der Waals surface area contributed by atoms with Crippen LogP contribution < -0.4 is 8.92 Å². The van der Waals surface area contributed by atoms with Crippen molar-refractivity contribution in [1.29, 1.82) is 0 Å². The van der Waals surface area contributed by atoms with E-state index in [-0.39, 0.29) is 12.3 Å². The van der Waals surface area contributed by atoms with Crippen LogP contribution in [0, 0.1) is 0 Å². The third kappa shape index (κ3) is 4.11. The van der Waals surface area contributed by atoms with Crippen molar-refractivity contribution in [2.45, 2.75) is 31.5 Å². The zero-order chi connectivity index (χ0) is 25.0. The fourth-order valence-electron chi connectivity index (χ4n) is 4.51. The smallest absolute Gasteiger partial charge is 0.446 e. The third-order valence-corrected chi connectivity index (χ3v) is 7.77. The maximum absolute atomic E-state index is 11.7. The first-order valence-electron chi connectivity index (χ1n) is 11.1. The summed E-state index contributed by atoms with van der Waals surface area (Å²) >= 11 is 1.18. The van der Waals surface area contributed by atoms with Gasteiger partial charge in [0.15, 0.2) is 18.4 Å². The summed E-state index contributed by atoms with van der Waals surface area (Å²) in [5.41, 5.74) is 2.47. The number of methoxy groups -OCH3 is 1. The molecule has 186 valence electrons. The Labute approximate surface area is 210 Å². The van der Waals surface area contributed by atoms with Crippen LogP contribution in [-0.2, 0) is 16.9 Å². The summed E-state index contributed by atoms with van der Waals surface area (Å²) in [6.07, 6.45) is 3.90. The molecule has 1 aliphatic carbocycles. The van der Waals surface area contributed by atoms with Crippen LogP contribution in [0.3, 0.4) is 0 Å². The highest BCUT2D eigenvalue weighted by atomic mass is 32.3. The van der Waals surface area contributed by atoms with Crippen LogP contribution in [-0.4, -0.2) is 40.9 Å². The Bertz CT molecular complexity index is 1590. The molecule has 0 amide bonds. The van der Waals surface area contributed by atoms with Gasteiger partial charge in [0, 0.05) is 16.5 Å². The topological polar surface area (TPSA) is 135 Å². The number of nitrogens with zero attached hydrogens (tertiary/aromatic N) is 3. The summed E-state index contributed by atoms with van der Waals surface area (Å²) in [6, 6.07) is 10.6. The number of aliphatic imine (C=N–C) groups is 1. The highest BCUT2D eigenvalue weighted by Gasteiger charge is 2.37. The van der Waals surface area contributed by atoms with Crippen LogP contribution in [0.1, 0.15) is 47.4 Å². The van der Waals surface area contributed by atoms with E-state index >= 15 is 0 Å². The van der Waals surface area contributed by atoms with Crippen molar-refractivity contribution in [2.24, 2.45) is 4.99 Å². The standard InChI is InChI=1S/C24H21N3O7S2/c1-32-14-7-8-16(18(9-14)13-5-6-13)22-26-23-20(24(28)27(22)11-15-10-25-12-33-15)17-3-2-4-19(21(17)35-23)34-36(29,30)31/h2-4,7-10,12-13,24,28H,5-6,11H2,1H3,(H,29,30,31). The van der Waals surface area contributed by atoms with Gasteiger partial charge in [-0.25, -0.2) is 9.98 Å². The molecular formula is C24H21N3O7S2. The minimum absolute atomic E-state index is 0.0387. The number of fused-ring (bicyclic) bond motifs is 3. The Morgan fingerprint density at radius 2 is 2.08 bits per heavy atom. The fraction of sp³-hybridized carbons (Fsp3) is 0.250. The summed E-state index contributed by atoms with van der Waals surface area (Å²) in [7, 11) is -3.11. The van der Waals surface area contributed by atoms with Crippen molar-refractivity contribution in [3.8, 4) is 11.5 Å². The van der Waals surface area contributed by atoms with Gasteiger partial charge in [0.1, 0.15) is 22.3 Å². The maximum atomic E-state index is 11.7. The molecule has 0 saturated heterocycles. The van der Waals surface area contributed by atoms with E-state index in [2.05, 4.69) is 4.98 Å². The molecule has 10 nitrogen and oxygen atoms in total. The van der Waals surface area contributed by atoms with E-state index in [4.69, 9.17) is 18.3 Å². The largest absolute Gasteiger partial charge is 0.497 e. The number of aromatic nitrogens is 1. The van der Waals surface area contributed by atoms with E-state index < -0.39 is 16.6 Å². The number of amidine groups is 1. The van der Waals surface area contributed by atoms with E-state index in [1.165, 1.54) is 23.8 Å². The molecule has 1 atom stereocenters. The Hall–Kier alpha value is -3.45. The fourth-order valence-corrected chi connectivity index (χ4v) is 6.08. The molecule has 2 N–H and O–H groups in total. The van der Waals surface area contributed by atoms with E-state index in [0.29, 0.717) is 38.2 Å². The summed E-state index contributed by atoms with van der Waals surface area (Å²) in [5, 5.41) is 12.8. The Morgan fingerprint density at radius 3 is 2.78 bits per heavy atom. The first-order chi connectivity index (χ1) is 17.3. The molecule has 0 bridgehead atoms. The summed E-state index contributed by atoms with van der Waals surface area (Å²) < 4.78 is 48.2. The SMILES string of the molecule is COc1ccc(C2=Nc3sc4c(OS(=O)(=O)O)cccc4c3C(O)N2Cc2cnco2)c(C2CC2)c1. The van der Waals surface area contributed by atoms with E-state index in [0.717, 1.165) is 29.7 Å². The minimum atomic E-state index is -4.73. The number of aliphatic hydroxyl groups is 1. The van der Waals surface area contributed by atoms with Gasteiger partial charge in [-0.2, -0.15) is 8.42 Å². The molecule has 3 heterocycles. The second-order valence-electron chi connectivity index (χ2n) is 8.60. The molecule has 6 rings (SSSR count). The molecule has 1 aliphatic heterocycles. The Balaban J connectivity index is 1.55. The van der Waals surface area contributed by atoms with Crippen LogP contribution in [0.2, 0.25) is 0 Å². The van der Waals surface area contributed by atoms with E-state index in [9.17, 15) is 18.1 Å². The highest BCUT2D eigenvalue weighted by molar-refractivity contribution is 7.81. The van der Waals surface area contributed by atoms with E-state index in [1.807, 2.05) is 18.2 Å². The van der Waals surface area contributed by atoms with Gasteiger partial charge in [-0.05, 0) is 48.6 Å². The zero-order valence-electron chi connectivity index (χ0n) is 19.0. The van der Waals surface area contributed by atoms with Gasteiger partial charge >= 0.3 is 10.4 Å². The second kappa shape index (κ2) is 8.59. The number of ether oxygens (including phenoxy) is 1. The molecule has 0 spiro atoms. The quantitative estimate of drug-likeness (QED) is 0.332. The van der Waals surface area contributed by atoms with Gasteiger partial charge < -0.3 is 23.3 Å². The zero-order valence-corrected chi connectivity index (χ0v) is 20.6. The number of rotatable bonds is 7. The summed E-state index contributed by atoms with van der Waals surface area (Å²) in [4.78, 5) is 10.7. The highest BCUT2D eigenvalue weighted by Crippen LogP contribution is 2.50. The van der Waals surface area contributed by atoms with Gasteiger partial charge in [-0.15, -0.1) is 11.3 Å². The van der Waals surface area contributed by atoms with Gasteiger partial charge in [0.2, 0.25) is 0 Å². The number of oxazole rings is 1. The summed E-state index contributed by atoms with van der Waals surface area (Å²) in [5.74, 6) is 2.18. The molecular weight excluding hydrogens is 506 g/mol. The third-order valence-electron chi connectivity index (χ3n) is 6.25. The van der Waals surface area contributed by atoms with Crippen molar-refractivity contribution in [2.75, 3.05) is 7.11 Å². The molecule has 2 aromatic heterocycles. The van der Waals surface area contributed by atoms with Crippen molar-refractivity contribution in [1.82, 2.24) is 9.88 Å². The first-order valence-corrected chi connectivity index (χ1v) is 13.3. The van der Waals surface area contributed by atoms with Gasteiger partial charge in [0.05, 0.1) is 24.6 Å². The molecule has 1 unspecified atom stereocenters. The van der Waals surface area contributed by atoms with Crippen molar-refractivity contribution in [3.05, 3.63) is 71.4 Å². The molecule has 1 fully saturated rings. The predicted octanol–water partition coefficient (Wildman–Crippen LogP) is 4.54. The lowest BCUT2D eigenvalue weighted by Gasteiger charge is -2.34. The van der Waals surface area contributed by atoms with Crippen molar-refractivity contribution >= 4 is 42.7 Å². The van der Waals surface area contributed by atoms with Crippen LogP contribution in [0.15, 0.2) is 58.4 Å². The Morgan fingerprint density at radius 1 is 1.25 bits per heavy atom. The number of benzene rings is 2. The molecule has 2 aliphatic rings. The van der Waals surface area contributed by atoms with Crippen molar-refractivity contribution < 1.29 is 31.4 Å². The number of hydrogen-bond donors (Lipinski definition) is 2. The molecule has 0 radical (unpaired) electrons. The van der Waals surface area contributed by atoms with Gasteiger partial charge in [0.25, 0.3) is 0 Å². The van der Waals surface area contributed by atoms with Gasteiger partial charge in [-0.1, -0.05) is 12.1 Å². The summed E-state index contributed by atoms with van der Waals surface area (Å²) in [6.45, 7) is 0.203. The number of aliphatic hydroxyl groups excluding tert-OH is 1. The van der Waals surface area contributed by atoms with Crippen LogP contribution >= 0.6 is 11.3 Å². The molecule has 36 heavy (non-hydrogen) atoms. The first kappa shape index (κ1) is 23.0. The normalized spacial score (nSPS) is 17.7. The molecule has 4 aromatic rings. The van der Waals surface area contributed by atoms with Gasteiger partial charge in [-0.3, -0.25) is 4.55 Å². The lowest BCUT2D eigenvalue weighted by Crippen LogP contribution is -2.37. The van der Waals surface area contributed by atoms with Crippen LogP contribution in [0.25, 0.3) is 10.1 Å². The second-order valence-corrected chi connectivity index (χ2v) is 10.6. The molecule has 1 saturated carbocycles.